The second kappa shape index (κ2) is 12.7. The number of carbonyl (C=O) groups excluding carboxylic acids is 1. The SMILES string of the molecule is C1CCNC1.CC(=O)NCc1ccccc1-c1ccc(C)s1.CC(C)C. The Labute approximate surface area is 163 Å². The molecule has 3 rings (SSSR count). The minimum absolute atomic E-state index is 0.00200. The third-order valence-corrected chi connectivity index (χ3v) is 4.54. The molecule has 1 aliphatic heterocycles. The highest BCUT2D eigenvalue weighted by atomic mass is 32.1. The van der Waals surface area contributed by atoms with Crippen molar-refractivity contribution in [2.75, 3.05) is 13.1 Å². The van der Waals surface area contributed by atoms with Crippen molar-refractivity contribution in [2.24, 2.45) is 5.92 Å². The highest BCUT2D eigenvalue weighted by Crippen LogP contribution is 2.30. The molecule has 1 aromatic carbocycles. The Hall–Kier alpha value is -1.65. The fourth-order valence-electron chi connectivity index (χ4n) is 2.34. The molecule has 2 aromatic rings. The number of aryl methyl sites for hydroxylation is 1. The van der Waals surface area contributed by atoms with Gasteiger partial charge in [0.15, 0.2) is 0 Å². The van der Waals surface area contributed by atoms with Crippen molar-refractivity contribution in [3.05, 3.63) is 46.8 Å². The quantitative estimate of drug-likeness (QED) is 0.756. The third-order valence-electron chi connectivity index (χ3n) is 3.51. The summed E-state index contributed by atoms with van der Waals surface area (Å²) in [5, 5.41) is 6.07. The zero-order chi connectivity index (χ0) is 19.4. The Balaban J connectivity index is 0.000000309. The number of thiophene rings is 1. The molecule has 26 heavy (non-hydrogen) atoms. The molecule has 0 bridgehead atoms. The van der Waals surface area contributed by atoms with Crippen LogP contribution in [0.25, 0.3) is 10.4 Å². The van der Waals surface area contributed by atoms with Crippen LogP contribution in [0, 0.1) is 12.8 Å². The van der Waals surface area contributed by atoms with Crippen molar-refractivity contribution in [1.82, 2.24) is 10.6 Å². The van der Waals surface area contributed by atoms with E-state index in [-0.39, 0.29) is 5.91 Å². The predicted octanol–water partition coefficient (Wildman–Crippen LogP) is 5.39. The van der Waals surface area contributed by atoms with Crippen molar-refractivity contribution in [3.63, 3.8) is 0 Å². The zero-order valence-corrected chi connectivity index (χ0v) is 17.7. The van der Waals surface area contributed by atoms with Crippen molar-refractivity contribution in [2.45, 2.75) is 54.0 Å². The van der Waals surface area contributed by atoms with Gasteiger partial charge in [0, 0.05) is 23.2 Å². The molecule has 0 atom stereocenters. The Morgan fingerprint density at radius 1 is 1.12 bits per heavy atom. The summed E-state index contributed by atoms with van der Waals surface area (Å²) in [6.07, 6.45) is 2.78. The molecule has 1 fully saturated rings. The van der Waals surface area contributed by atoms with Gasteiger partial charge >= 0.3 is 0 Å². The van der Waals surface area contributed by atoms with Gasteiger partial charge in [-0.3, -0.25) is 4.79 Å². The molecule has 1 saturated heterocycles. The maximum atomic E-state index is 11.0. The van der Waals surface area contributed by atoms with E-state index in [1.165, 1.54) is 48.2 Å². The molecule has 3 nitrogen and oxygen atoms in total. The first kappa shape index (κ1) is 22.4. The van der Waals surface area contributed by atoms with Gasteiger partial charge in [0.05, 0.1) is 0 Å². The molecule has 0 spiro atoms. The van der Waals surface area contributed by atoms with E-state index in [0.717, 1.165) is 11.5 Å². The molecule has 4 heteroatoms. The van der Waals surface area contributed by atoms with Crippen LogP contribution in [-0.2, 0) is 11.3 Å². The van der Waals surface area contributed by atoms with Crippen LogP contribution in [0.4, 0.5) is 0 Å². The lowest BCUT2D eigenvalue weighted by Crippen LogP contribution is -2.19. The normalized spacial score (nSPS) is 12.7. The molecule has 0 unspecified atom stereocenters. The maximum absolute atomic E-state index is 11.0. The Morgan fingerprint density at radius 2 is 1.73 bits per heavy atom. The molecule has 144 valence electrons. The topological polar surface area (TPSA) is 41.1 Å². The van der Waals surface area contributed by atoms with E-state index in [4.69, 9.17) is 0 Å². The fourth-order valence-corrected chi connectivity index (χ4v) is 3.27. The van der Waals surface area contributed by atoms with Gasteiger partial charge in [0.1, 0.15) is 0 Å². The van der Waals surface area contributed by atoms with Crippen LogP contribution in [0.5, 0.6) is 0 Å². The average Bonchev–Trinajstić information content (AvgIpc) is 3.27. The summed E-state index contributed by atoms with van der Waals surface area (Å²) in [6.45, 7) is 13.2. The summed E-state index contributed by atoms with van der Waals surface area (Å²) in [5.41, 5.74) is 2.36. The zero-order valence-electron chi connectivity index (χ0n) is 16.9. The van der Waals surface area contributed by atoms with Crippen molar-refractivity contribution < 1.29 is 4.79 Å². The minimum Gasteiger partial charge on any atom is -0.352 e. The highest BCUT2D eigenvalue weighted by molar-refractivity contribution is 7.15. The van der Waals surface area contributed by atoms with Gasteiger partial charge in [0.25, 0.3) is 0 Å². The average molecular weight is 375 g/mol. The minimum atomic E-state index is 0.00200. The van der Waals surface area contributed by atoms with E-state index < -0.39 is 0 Å². The maximum Gasteiger partial charge on any atom is 0.217 e. The first-order chi connectivity index (χ1) is 12.4. The largest absolute Gasteiger partial charge is 0.352 e. The second-order valence-corrected chi connectivity index (χ2v) is 8.45. The van der Waals surface area contributed by atoms with Crippen LogP contribution in [0.15, 0.2) is 36.4 Å². The van der Waals surface area contributed by atoms with Crippen molar-refractivity contribution in [1.29, 1.82) is 0 Å². The van der Waals surface area contributed by atoms with Gasteiger partial charge in [0.2, 0.25) is 5.91 Å². The van der Waals surface area contributed by atoms with E-state index in [9.17, 15) is 4.79 Å². The van der Waals surface area contributed by atoms with Gasteiger partial charge in [-0.15, -0.1) is 11.3 Å². The standard InChI is InChI=1S/C14H15NOS.C4H9N.C4H10/c1-10-7-8-14(17-10)13-6-4-3-5-12(13)9-15-11(2)16;1-2-4-5-3-1;1-4(2)3/h3-8H,9H2,1-2H3,(H,15,16);5H,1-4H2;4H,1-3H3. The molecule has 2 N–H and O–H groups in total. The molecule has 0 aliphatic carbocycles. The van der Waals surface area contributed by atoms with Crippen LogP contribution in [-0.4, -0.2) is 19.0 Å². The molecule has 0 saturated carbocycles. The third kappa shape index (κ3) is 9.73. The van der Waals surface area contributed by atoms with Gasteiger partial charge in [-0.2, -0.15) is 0 Å². The lowest BCUT2D eigenvalue weighted by Gasteiger charge is -2.08. The summed E-state index contributed by atoms with van der Waals surface area (Å²) in [6, 6.07) is 12.4. The highest BCUT2D eigenvalue weighted by Gasteiger charge is 2.06. The monoisotopic (exact) mass is 374 g/mol. The Bertz CT molecular complexity index is 635. The number of amides is 1. The number of hydrogen-bond donors (Lipinski definition) is 2. The van der Waals surface area contributed by atoms with Crippen LogP contribution < -0.4 is 10.6 Å². The van der Waals surface area contributed by atoms with Crippen LogP contribution in [0.3, 0.4) is 0 Å². The number of carbonyl (C=O) groups is 1. The van der Waals surface area contributed by atoms with Gasteiger partial charge in [-0.1, -0.05) is 45.0 Å². The summed E-state index contributed by atoms with van der Waals surface area (Å²) < 4.78 is 0. The Morgan fingerprint density at radius 3 is 2.19 bits per heavy atom. The number of rotatable bonds is 3. The number of hydrogen-bond acceptors (Lipinski definition) is 3. The molecule has 1 aromatic heterocycles. The lowest BCUT2D eigenvalue weighted by atomic mass is 10.1. The summed E-state index contributed by atoms with van der Waals surface area (Å²) in [4.78, 5) is 13.5. The second-order valence-electron chi connectivity index (χ2n) is 7.17. The number of nitrogens with one attached hydrogen (secondary N) is 2. The first-order valence-electron chi connectivity index (χ1n) is 9.50. The van der Waals surface area contributed by atoms with E-state index in [0.29, 0.717) is 6.54 Å². The van der Waals surface area contributed by atoms with E-state index in [1.54, 1.807) is 11.3 Å². The van der Waals surface area contributed by atoms with Crippen LogP contribution >= 0.6 is 11.3 Å². The van der Waals surface area contributed by atoms with Gasteiger partial charge < -0.3 is 10.6 Å². The molecule has 1 aliphatic rings. The molecule has 1 amide bonds. The fraction of sp³-hybridized carbons (Fsp3) is 0.500. The smallest absolute Gasteiger partial charge is 0.217 e. The Kier molecular flexibility index (Phi) is 10.9. The summed E-state index contributed by atoms with van der Waals surface area (Å²) in [5.74, 6) is 0.835. The van der Waals surface area contributed by atoms with Gasteiger partial charge in [-0.25, -0.2) is 0 Å². The molecular formula is C22H34N2OS. The molecular weight excluding hydrogens is 340 g/mol. The van der Waals surface area contributed by atoms with Crippen LogP contribution in [0.2, 0.25) is 0 Å². The summed E-state index contributed by atoms with van der Waals surface area (Å²) in [7, 11) is 0. The first-order valence-corrected chi connectivity index (χ1v) is 10.3. The summed E-state index contributed by atoms with van der Waals surface area (Å²) >= 11 is 1.78. The van der Waals surface area contributed by atoms with Crippen molar-refractivity contribution >= 4 is 17.2 Å². The van der Waals surface area contributed by atoms with E-state index in [1.807, 2.05) is 12.1 Å². The molecule has 0 radical (unpaired) electrons. The lowest BCUT2D eigenvalue weighted by molar-refractivity contribution is -0.119. The van der Waals surface area contributed by atoms with E-state index >= 15 is 0 Å². The number of benzene rings is 1. The van der Waals surface area contributed by atoms with Crippen LogP contribution in [0.1, 0.15) is 51.0 Å². The molecule has 2 heterocycles. The van der Waals surface area contributed by atoms with Gasteiger partial charge in [-0.05, 0) is 62.0 Å². The van der Waals surface area contributed by atoms with E-state index in [2.05, 4.69) is 62.6 Å². The van der Waals surface area contributed by atoms with Crippen molar-refractivity contribution in [3.8, 4) is 10.4 Å². The predicted molar refractivity (Wildman–Crippen MR) is 115 cm³/mol.